The normalized spacial score (nSPS) is 9.17. The fraction of sp³-hybridized carbons (Fsp3) is 0.545. The summed E-state index contributed by atoms with van der Waals surface area (Å²) in [5.41, 5.74) is 4.80. The number of aromatic nitrogens is 2. The van der Waals surface area contributed by atoms with Crippen LogP contribution in [0, 0.1) is 13.8 Å². The molecule has 136 valence electrons. The van der Waals surface area contributed by atoms with E-state index in [0.717, 1.165) is 5.69 Å². The van der Waals surface area contributed by atoms with Gasteiger partial charge >= 0.3 is 0 Å². The zero-order valence-corrected chi connectivity index (χ0v) is 17.5. The Balaban J connectivity index is 0. The van der Waals surface area contributed by atoms with Gasteiger partial charge in [-0.2, -0.15) is 0 Å². The Bertz CT molecular complexity index is 447. The second kappa shape index (κ2) is 14.9. The molecule has 0 saturated heterocycles. The molecule has 0 fully saturated rings. The Morgan fingerprint density at radius 2 is 1.25 bits per heavy atom. The van der Waals surface area contributed by atoms with Crippen molar-refractivity contribution in [3.05, 3.63) is 59.2 Å². The lowest BCUT2D eigenvalue weighted by atomic mass is 10.1. The summed E-state index contributed by atoms with van der Waals surface area (Å²) in [5.74, 6) is 1.13. The van der Waals surface area contributed by atoms with Crippen molar-refractivity contribution in [3.8, 4) is 0 Å². The van der Waals surface area contributed by atoms with E-state index < -0.39 is 0 Å². The zero-order chi connectivity index (χ0) is 19.1. The van der Waals surface area contributed by atoms with Crippen molar-refractivity contribution in [1.82, 2.24) is 9.97 Å². The molecule has 0 radical (unpaired) electrons. The first-order chi connectivity index (χ1) is 11.4. The van der Waals surface area contributed by atoms with Crippen molar-refractivity contribution in [1.29, 1.82) is 0 Å². The van der Waals surface area contributed by atoms with Gasteiger partial charge < -0.3 is 0 Å². The number of pyridine rings is 2. The quantitative estimate of drug-likeness (QED) is 0.588. The Morgan fingerprint density at radius 3 is 1.58 bits per heavy atom. The summed E-state index contributed by atoms with van der Waals surface area (Å²) in [4.78, 5) is 8.48. The minimum Gasteiger partial charge on any atom is -0.261 e. The van der Waals surface area contributed by atoms with E-state index in [4.69, 9.17) is 0 Å². The average Bonchev–Trinajstić information content (AvgIpc) is 2.60. The molecule has 2 aromatic rings. The topological polar surface area (TPSA) is 25.8 Å². The highest BCUT2D eigenvalue weighted by Crippen LogP contribution is 2.12. The number of aryl methyl sites for hydroxylation is 2. The molecule has 0 aliphatic heterocycles. The minimum atomic E-state index is 0.542. The average molecular weight is 331 g/mol. The van der Waals surface area contributed by atoms with Crippen LogP contribution >= 0.6 is 0 Å². The number of nitrogens with zero attached hydrogens (tertiary/aromatic N) is 2. The summed E-state index contributed by atoms with van der Waals surface area (Å²) in [6, 6.07) is 8.37. The van der Waals surface area contributed by atoms with Crippen molar-refractivity contribution in [2.24, 2.45) is 0 Å². The first kappa shape index (κ1) is 24.6. The maximum atomic E-state index is 4.28. The third-order valence-electron chi connectivity index (χ3n) is 3.13. The van der Waals surface area contributed by atoms with Crippen LogP contribution in [0.25, 0.3) is 0 Å². The van der Waals surface area contributed by atoms with Crippen LogP contribution in [0.1, 0.15) is 89.7 Å². The van der Waals surface area contributed by atoms with E-state index in [1.54, 1.807) is 0 Å². The smallest absolute Gasteiger partial charge is 0.0429 e. The van der Waals surface area contributed by atoms with Crippen LogP contribution in [0.15, 0.2) is 36.7 Å². The molecular formula is C22H38N2. The Hall–Kier alpha value is -1.70. The lowest BCUT2D eigenvalue weighted by Crippen LogP contribution is -1.90. The standard InChI is InChI=1S/2C9H13N.2C2H6/c1-7(2)9-5-4-8(3)10-6-9;1-7(2)9-5-4-8(3)6-10-9;2*1-2/h2*4-7H,1-3H3;2*1-2H3. The van der Waals surface area contributed by atoms with E-state index in [1.165, 1.54) is 16.8 Å². The van der Waals surface area contributed by atoms with Gasteiger partial charge in [0.25, 0.3) is 0 Å². The van der Waals surface area contributed by atoms with E-state index in [9.17, 15) is 0 Å². The third kappa shape index (κ3) is 10.9. The molecule has 2 heteroatoms. The maximum Gasteiger partial charge on any atom is 0.0429 e. The van der Waals surface area contributed by atoms with Gasteiger partial charge in [0.15, 0.2) is 0 Å². The fourth-order valence-corrected chi connectivity index (χ4v) is 1.64. The highest BCUT2D eigenvalue weighted by molar-refractivity contribution is 5.16. The van der Waals surface area contributed by atoms with Crippen molar-refractivity contribution in [2.45, 2.75) is 81.1 Å². The van der Waals surface area contributed by atoms with E-state index in [0.29, 0.717) is 11.8 Å². The van der Waals surface area contributed by atoms with E-state index in [-0.39, 0.29) is 0 Å². The summed E-state index contributed by atoms with van der Waals surface area (Å²) >= 11 is 0. The van der Waals surface area contributed by atoms with Crippen molar-refractivity contribution in [3.63, 3.8) is 0 Å². The van der Waals surface area contributed by atoms with Gasteiger partial charge in [0.05, 0.1) is 0 Å². The molecule has 2 rings (SSSR count). The largest absolute Gasteiger partial charge is 0.261 e. The molecule has 0 aromatic carbocycles. The highest BCUT2D eigenvalue weighted by atomic mass is 14.7. The summed E-state index contributed by atoms with van der Waals surface area (Å²) in [6.07, 6.45) is 3.86. The zero-order valence-electron chi connectivity index (χ0n) is 17.5. The summed E-state index contributed by atoms with van der Waals surface area (Å²) in [6.45, 7) is 20.7. The van der Waals surface area contributed by atoms with Gasteiger partial charge in [-0.15, -0.1) is 0 Å². The van der Waals surface area contributed by atoms with Crippen LogP contribution in [-0.4, -0.2) is 9.97 Å². The molecular weight excluding hydrogens is 292 g/mol. The summed E-state index contributed by atoms with van der Waals surface area (Å²) < 4.78 is 0. The van der Waals surface area contributed by atoms with Crippen LogP contribution in [0.5, 0.6) is 0 Å². The second-order valence-corrected chi connectivity index (χ2v) is 5.80. The van der Waals surface area contributed by atoms with Gasteiger partial charge in [-0.05, 0) is 48.9 Å². The van der Waals surface area contributed by atoms with Gasteiger partial charge in [0, 0.05) is 23.8 Å². The van der Waals surface area contributed by atoms with E-state index in [2.05, 4.69) is 68.9 Å². The molecule has 24 heavy (non-hydrogen) atoms. The molecule has 0 N–H and O–H groups in total. The highest BCUT2D eigenvalue weighted by Gasteiger charge is 1.97. The Kier molecular flexibility index (Phi) is 15.2. The van der Waals surface area contributed by atoms with Gasteiger partial charge in [-0.1, -0.05) is 67.5 Å². The Morgan fingerprint density at radius 1 is 0.667 bits per heavy atom. The monoisotopic (exact) mass is 330 g/mol. The van der Waals surface area contributed by atoms with Crippen molar-refractivity contribution < 1.29 is 0 Å². The van der Waals surface area contributed by atoms with Gasteiger partial charge in [-0.3, -0.25) is 9.97 Å². The lowest BCUT2D eigenvalue weighted by Gasteiger charge is -2.02. The van der Waals surface area contributed by atoms with Crippen molar-refractivity contribution in [2.75, 3.05) is 0 Å². The molecule has 0 unspecified atom stereocenters. The van der Waals surface area contributed by atoms with E-state index in [1.807, 2.05) is 47.0 Å². The molecule has 0 bridgehead atoms. The van der Waals surface area contributed by atoms with Crippen LogP contribution in [-0.2, 0) is 0 Å². The van der Waals surface area contributed by atoms with Crippen molar-refractivity contribution >= 4 is 0 Å². The predicted molar refractivity (Wildman–Crippen MR) is 109 cm³/mol. The molecule has 2 aromatic heterocycles. The minimum absolute atomic E-state index is 0.542. The third-order valence-corrected chi connectivity index (χ3v) is 3.13. The molecule has 0 saturated carbocycles. The summed E-state index contributed by atoms with van der Waals surface area (Å²) in [5, 5.41) is 0. The summed E-state index contributed by atoms with van der Waals surface area (Å²) in [7, 11) is 0. The number of hydrogen-bond donors (Lipinski definition) is 0. The van der Waals surface area contributed by atoms with Gasteiger partial charge in [-0.25, -0.2) is 0 Å². The van der Waals surface area contributed by atoms with Crippen LogP contribution in [0.4, 0.5) is 0 Å². The maximum absolute atomic E-state index is 4.28. The fourth-order valence-electron chi connectivity index (χ4n) is 1.64. The SMILES string of the molecule is CC.CC.Cc1ccc(C(C)C)cn1.Cc1ccc(C(C)C)nc1. The number of rotatable bonds is 2. The lowest BCUT2D eigenvalue weighted by molar-refractivity contribution is 0.821. The molecule has 2 heterocycles. The molecule has 2 nitrogen and oxygen atoms in total. The molecule has 0 aliphatic rings. The number of hydrogen-bond acceptors (Lipinski definition) is 2. The molecule has 0 amide bonds. The predicted octanol–water partition coefficient (Wildman–Crippen LogP) is 7.08. The second-order valence-electron chi connectivity index (χ2n) is 5.80. The Labute approximate surface area is 150 Å². The molecule has 0 atom stereocenters. The first-order valence-corrected chi connectivity index (χ1v) is 9.25. The van der Waals surface area contributed by atoms with Crippen LogP contribution in [0.2, 0.25) is 0 Å². The van der Waals surface area contributed by atoms with Crippen LogP contribution in [0.3, 0.4) is 0 Å². The first-order valence-electron chi connectivity index (χ1n) is 9.25. The van der Waals surface area contributed by atoms with Gasteiger partial charge in [0.1, 0.15) is 0 Å². The van der Waals surface area contributed by atoms with Crippen LogP contribution < -0.4 is 0 Å². The van der Waals surface area contributed by atoms with Gasteiger partial charge in [0.2, 0.25) is 0 Å². The molecule has 0 aliphatic carbocycles. The van der Waals surface area contributed by atoms with E-state index >= 15 is 0 Å². The molecule has 0 spiro atoms.